The first-order valence-electron chi connectivity index (χ1n) is 5.64. The van der Waals surface area contributed by atoms with Crippen LogP contribution in [0.1, 0.15) is 16.7 Å². The monoisotopic (exact) mass is 297 g/mol. The summed E-state index contributed by atoms with van der Waals surface area (Å²) in [7, 11) is 0. The molecule has 0 aliphatic heterocycles. The van der Waals surface area contributed by atoms with Gasteiger partial charge in [0.15, 0.2) is 0 Å². The van der Waals surface area contributed by atoms with Crippen LogP contribution in [0, 0.1) is 18.3 Å². The second-order valence-electron chi connectivity index (χ2n) is 4.06. The van der Waals surface area contributed by atoms with E-state index in [0.29, 0.717) is 5.57 Å². The Balaban J connectivity index is 2.44. The molecule has 0 amide bonds. The average molecular weight is 298 g/mol. The molecule has 88 valence electrons. The average Bonchev–Trinajstić information content (AvgIpc) is 2.39. The standard InChI is InChI=1S/C16H12BrN/c1-12-6-8-13(9-7-12)15(11-18)10-14-4-2-3-5-16(14)17/h2-10H,1H3/b15-10+. The third kappa shape index (κ3) is 2.88. The number of benzene rings is 2. The van der Waals surface area contributed by atoms with Gasteiger partial charge in [-0.1, -0.05) is 64.0 Å². The Hall–Kier alpha value is -1.85. The summed E-state index contributed by atoms with van der Waals surface area (Å²) in [5.74, 6) is 0. The molecule has 18 heavy (non-hydrogen) atoms. The van der Waals surface area contributed by atoms with Crippen LogP contribution in [0.3, 0.4) is 0 Å². The number of halogens is 1. The number of hydrogen-bond donors (Lipinski definition) is 0. The van der Waals surface area contributed by atoms with Gasteiger partial charge in [0.25, 0.3) is 0 Å². The highest BCUT2D eigenvalue weighted by Gasteiger charge is 2.02. The zero-order chi connectivity index (χ0) is 13.0. The van der Waals surface area contributed by atoms with Gasteiger partial charge in [-0.25, -0.2) is 0 Å². The first kappa shape index (κ1) is 12.6. The summed E-state index contributed by atoms with van der Waals surface area (Å²) in [6, 6.07) is 18.1. The lowest BCUT2D eigenvalue weighted by Crippen LogP contribution is -1.83. The molecule has 0 aromatic heterocycles. The fourth-order valence-electron chi connectivity index (χ4n) is 1.66. The van der Waals surface area contributed by atoms with E-state index < -0.39 is 0 Å². The zero-order valence-electron chi connectivity index (χ0n) is 10.0. The van der Waals surface area contributed by atoms with Crippen molar-refractivity contribution < 1.29 is 0 Å². The van der Waals surface area contributed by atoms with Crippen molar-refractivity contribution >= 4 is 27.6 Å². The van der Waals surface area contributed by atoms with Gasteiger partial charge in [-0.3, -0.25) is 0 Å². The third-order valence-electron chi connectivity index (χ3n) is 2.69. The lowest BCUT2D eigenvalue weighted by molar-refractivity contribution is 1.45. The van der Waals surface area contributed by atoms with E-state index in [4.69, 9.17) is 0 Å². The molecule has 0 atom stereocenters. The van der Waals surface area contributed by atoms with Crippen molar-refractivity contribution in [3.63, 3.8) is 0 Å². The Morgan fingerprint density at radius 1 is 1.11 bits per heavy atom. The van der Waals surface area contributed by atoms with Crippen molar-refractivity contribution in [2.75, 3.05) is 0 Å². The fourth-order valence-corrected chi connectivity index (χ4v) is 2.06. The molecule has 0 saturated carbocycles. The summed E-state index contributed by atoms with van der Waals surface area (Å²) in [6.07, 6.45) is 1.90. The van der Waals surface area contributed by atoms with Crippen molar-refractivity contribution in [2.24, 2.45) is 0 Å². The molecule has 0 fully saturated rings. The second-order valence-corrected chi connectivity index (χ2v) is 4.91. The molecule has 0 unspecified atom stereocenters. The normalized spacial score (nSPS) is 11.1. The molecule has 0 aliphatic carbocycles. The van der Waals surface area contributed by atoms with Crippen LogP contribution in [0.15, 0.2) is 53.0 Å². The van der Waals surface area contributed by atoms with E-state index in [2.05, 4.69) is 22.0 Å². The molecule has 1 nitrogen and oxygen atoms in total. The van der Waals surface area contributed by atoms with Crippen molar-refractivity contribution in [2.45, 2.75) is 6.92 Å². The molecule has 0 bridgehead atoms. The lowest BCUT2D eigenvalue weighted by Gasteiger charge is -2.02. The first-order chi connectivity index (χ1) is 8.70. The first-order valence-corrected chi connectivity index (χ1v) is 6.43. The topological polar surface area (TPSA) is 23.8 Å². The smallest absolute Gasteiger partial charge is 0.0998 e. The number of hydrogen-bond acceptors (Lipinski definition) is 1. The molecular weight excluding hydrogens is 286 g/mol. The minimum atomic E-state index is 0.668. The van der Waals surface area contributed by atoms with Crippen LogP contribution in [0.2, 0.25) is 0 Å². The highest BCUT2D eigenvalue weighted by Crippen LogP contribution is 2.23. The Labute approximate surface area is 116 Å². The van der Waals surface area contributed by atoms with E-state index in [1.54, 1.807) is 0 Å². The van der Waals surface area contributed by atoms with Crippen LogP contribution in [0.5, 0.6) is 0 Å². The van der Waals surface area contributed by atoms with Crippen LogP contribution >= 0.6 is 15.9 Å². The third-order valence-corrected chi connectivity index (χ3v) is 3.41. The molecule has 0 spiro atoms. The maximum absolute atomic E-state index is 9.27. The Kier molecular flexibility index (Phi) is 3.96. The predicted octanol–water partition coefficient (Wildman–Crippen LogP) is 4.82. The van der Waals surface area contributed by atoms with Gasteiger partial charge in [0.2, 0.25) is 0 Å². The highest BCUT2D eigenvalue weighted by atomic mass is 79.9. The number of nitriles is 1. The molecule has 0 saturated heterocycles. The zero-order valence-corrected chi connectivity index (χ0v) is 11.6. The molecule has 2 rings (SSSR count). The molecular formula is C16H12BrN. The van der Waals surface area contributed by atoms with Crippen molar-refractivity contribution in [1.29, 1.82) is 5.26 Å². The predicted molar refractivity (Wildman–Crippen MR) is 78.8 cm³/mol. The van der Waals surface area contributed by atoms with E-state index in [0.717, 1.165) is 15.6 Å². The number of nitrogens with zero attached hydrogens (tertiary/aromatic N) is 1. The summed E-state index contributed by atoms with van der Waals surface area (Å²) in [5, 5.41) is 9.27. The quantitative estimate of drug-likeness (QED) is 0.576. The number of aryl methyl sites for hydroxylation is 1. The SMILES string of the molecule is Cc1ccc(/C(C#N)=C/c2ccccc2Br)cc1. The van der Waals surface area contributed by atoms with Crippen LogP contribution in [-0.4, -0.2) is 0 Å². The largest absolute Gasteiger partial charge is 0.192 e. The van der Waals surface area contributed by atoms with Gasteiger partial charge >= 0.3 is 0 Å². The van der Waals surface area contributed by atoms with E-state index >= 15 is 0 Å². The van der Waals surface area contributed by atoms with Gasteiger partial charge in [0.05, 0.1) is 11.6 Å². The van der Waals surface area contributed by atoms with E-state index in [-0.39, 0.29) is 0 Å². The van der Waals surface area contributed by atoms with Gasteiger partial charge in [-0.05, 0) is 30.2 Å². The molecule has 2 heteroatoms. The maximum atomic E-state index is 9.27. The van der Waals surface area contributed by atoms with E-state index in [1.807, 2.05) is 61.5 Å². The van der Waals surface area contributed by atoms with E-state index in [1.165, 1.54) is 5.56 Å². The highest BCUT2D eigenvalue weighted by molar-refractivity contribution is 9.10. The molecule has 0 N–H and O–H groups in total. The van der Waals surface area contributed by atoms with Crippen LogP contribution in [0.25, 0.3) is 11.6 Å². The molecule has 0 radical (unpaired) electrons. The fraction of sp³-hybridized carbons (Fsp3) is 0.0625. The second kappa shape index (κ2) is 5.66. The Bertz CT molecular complexity index is 618. The van der Waals surface area contributed by atoms with Crippen LogP contribution < -0.4 is 0 Å². The lowest BCUT2D eigenvalue weighted by atomic mass is 10.0. The van der Waals surface area contributed by atoms with E-state index in [9.17, 15) is 5.26 Å². The number of rotatable bonds is 2. The molecule has 0 aliphatic rings. The summed E-state index contributed by atoms with van der Waals surface area (Å²) in [6.45, 7) is 2.04. The van der Waals surface area contributed by atoms with Gasteiger partial charge in [-0.2, -0.15) is 5.26 Å². The summed E-state index contributed by atoms with van der Waals surface area (Å²) >= 11 is 3.48. The van der Waals surface area contributed by atoms with Crippen LogP contribution in [-0.2, 0) is 0 Å². The van der Waals surface area contributed by atoms with Crippen molar-refractivity contribution in [3.05, 3.63) is 69.7 Å². The summed E-state index contributed by atoms with van der Waals surface area (Å²) in [5.41, 5.74) is 3.81. The van der Waals surface area contributed by atoms with Gasteiger partial charge in [0.1, 0.15) is 0 Å². The summed E-state index contributed by atoms with van der Waals surface area (Å²) in [4.78, 5) is 0. The van der Waals surface area contributed by atoms with Gasteiger partial charge < -0.3 is 0 Å². The van der Waals surface area contributed by atoms with Crippen molar-refractivity contribution in [1.82, 2.24) is 0 Å². The molecule has 2 aromatic carbocycles. The summed E-state index contributed by atoms with van der Waals surface area (Å²) < 4.78 is 0.991. The molecule has 0 heterocycles. The molecule has 2 aromatic rings. The Morgan fingerprint density at radius 2 is 1.78 bits per heavy atom. The van der Waals surface area contributed by atoms with Gasteiger partial charge in [0, 0.05) is 4.47 Å². The Morgan fingerprint density at radius 3 is 2.39 bits per heavy atom. The number of allylic oxidation sites excluding steroid dienone is 1. The minimum absolute atomic E-state index is 0.668. The maximum Gasteiger partial charge on any atom is 0.0998 e. The van der Waals surface area contributed by atoms with Gasteiger partial charge in [-0.15, -0.1) is 0 Å². The minimum Gasteiger partial charge on any atom is -0.192 e. The van der Waals surface area contributed by atoms with Crippen LogP contribution in [0.4, 0.5) is 0 Å². The van der Waals surface area contributed by atoms with Crippen molar-refractivity contribution in [3.8, 4) is 6.07 Å².